The van der Waals surface area contributed by atoms with Crippen LogP contribution < -0.4 is 5.32 Å². The lowest BCUT2D eigenvalue weighted by Gasteiger charge is -2.45. The highest BCUT2D eigenvalue weighted by molar-refractivity contribution is 5.93. The average Bonchev–Trinajstić information content (AvgIpc) is 2.80. The van der Waals surface area contributed by atoms with Crippen molar-refractivity contribution in [3.8, 4) is 0 Å². The summed E-state index contributed by atoms with van der Waals surface area (Å²) in [4.78, 5) is 18.0. The predicted octanol–water partition coefficient (Wildman–Crippen LogP) is 5.67. The maximum Gasteiger partial charge on any atom is 0.322 e. The van der Waals surface area contributed by atoms with E-state index in [2.05, 4.69) is 51.5 Å². The van der Waals surface area contributed by atoms with Crippen molar-refractivity contribution in [3.05, 3.63) is 65.7 Å². The topological polar surface area (TPSA) is 35.6 Å². The number of benzene rings is 2. The molecule has 0 spiro atoms. The highest BCUT2D eigenvalue weighted by Crippen LogP contribution is 2.40. The van der Waals surface area contributed by atoms with Crippen LogP contribution in [-0.2, 0) is 0 Å². The third-order valence-electron chi connectivity index (χ3n) is 7.32. The minimum absolute atomic E-state index is 0.00829. The fourth-order valence-electron chi connectivity index (χ4n) is 5.76. The standard InChI is InChI=1S/C26H33N3O/c30-26-27-24-14-8-7-13-23(24)25(21-11-5-2-6-12-21)29(26)22-15-17-28(18-16-22)19-20-9-3-1-4-10-20/h2,5-8,11-14,20,22,25H,1,3-4,9-10,15-19H2,(H,27,30). The summed E-state index contributed by atoms with van der Waals surface area (Å²) < 4.78 is 0. The summed E-state index contributed by atoms with van der Waals surface area (Å²) in [6, 6.07) is 19.1. The molecule has 1 N–H and O–H groups in total. The van der Waals surface area contributed by atoms with E-state index >= 15 is 0 Å². The van der Waals surface area contributed by atoms with Gasteiger partial charge in [-0.25, -0.2) is 4.79 Å². The number of anilines is 1. The van der Waals surface area contributed by atoms with E-state index in [0.29, 0.717) is 0 Å². The van der Waals surface area contributed by atoms with Crippen molar-refractivity contribution in [1.82, 2.24) is 9.80 Å². The first-order valence-electron chi connectivity index (χ1n) is 11.7. The Labute approximate surface area is 180 Å². The van der Waals surface area contributed by atoms with Gasteiger partial charge in [0, 0.05) is 36.9 Å². The third-order valence-corrected chi connectivity index (χ3v) is 7.32. The molecule has 158 valence electrons. The number of nitrogens with zero attached hydrogens (tertiary/aromatic N) is 2. The van der Waals surface area contributed by atoms with E-state index in [0.717, 1.165) is 37.5 Å². The quantitative estimate of drug-likeness (QED) is 0.714. The largest absolute Gasteiger partial charge is 0.322 e. The number of hydrogen-bond donors (Lipinski definition) is 1. The molecule has 1 unspecified atom stereocenters. The first kappa shape index (κ1) is 19.6. The molecule has 2 aromatic carbocycles. The number of hydrogen-bond acceptors (Lipinski definition) is 2. The maximum absolute atomic E-state index is 13.2. The molecule has 2 aliphatic heterocycles. The molecule has 0 aromatic heterocycles. The van der Waals surface area contributed by atoms with Gasteiger partial charge in [-0.15, -0.1) is 0 Å². The maximum atomic E-state index is 13.2. The van der Waals surface area contributed by atoms with Crippen LogP contribution in [0.1, 0.15) is 62.1 Å². The number of amides is 2. The van der Waals surface area contributed by atoms with Crippen LogP contribution in [0, 0.1) is 5.92 Å². The number of piperidine rings is 1. The number of fused-ring (bicyclic) bond motifs is 1. The monoisotopic (exact) mass is 403 g/mol. The van der Waals surface area contributed by atoms with Crippen molar-refractivity contribution < 1.29 is 4.79 Å². The Morgan fingerprint density at radius 3 is 2.30 bits per heavy atom. The Balaban J connectivity index is 1.34. The summed E-state index contributed by atoms with van der Waals surface area (Å²) in [5.41, 5.74) is 3.35. The summed E-state index contributed by atoms with van der Waals surface area (Å²) in [6.45, 7) is 3.46. The van der Waals surface area contributed by atoms with E-state index in [9.17, 15) is 4.79 Å². The minimum Gasteiger partial charge on any atom is -0.310 e. The Kier molecular flexibility index (Phi) is 5.76. The van der Waals surface area contributed by atoms with E-state index in [1.165, 1.54) is 49.8 Å². The predicted molar refractivity (Wildman–Crippen MR) is 122 cm³/mol. The van der Waals surface area contributed by atoms with Crippen LogP contribution in [0.15, 0.2) is 54.6 Å². The lowest BCUT2D eigenvalue weighted by molar-refractivity contribution is 0.0961. The smallest absolute Gasteiger partial charge is 0.310 e. The highest BCUT2D eigenvalue weighted by atomic mass is 16.2. The summed E-state index contributed by atoms with van der Waals surface area (Å²) in [5.74, 6) is 0.887. The van der Waals surface area contributed by atoms with Crippen molar-refractivity contribution in [3.63, 3.8) is 0 Å². The van der Waals surface area contributed by atoms with Crippen LogP contribution in [0.4, 0.5) is 10.5 Å². The molecule has 1 saturated carbocycles. The van der Waals surface area contributed by atoms with Gasteiger partial charge in [0.2, 0.25) is 0 Å². The molecule has 4 nitrogen and oxygen atoms in total. The molecule has 30 heavy (non-hydrogen) atoms. The molecule has 2 amide bonds. The van der Waals surface area contributed by atoms with Crippen LogP contribution in [0.5, 0.6) is 0 Å². The zero-order valence-corrected chi connectivity index (χ0v) is 17.8. The summed E-state index contributed by atoms with van der Waals surface area (Å²) in [6.07, 6.45) is 9.17. The molecule has 1 aliphatic carbocycles. The SMILES string of the molecule is O=C1Nc2ccccc2C(c2ccccc2)N1C1CCN(CC2CCCCC2)CC1. The van der Waals surface area contributed by atoms with Gasteiger partial charge in [-0.3, -0.25) is 0 Å². The van der Waals surface area contributed by atoms with Crippen LogP contribution in [0.25, 0.3) is 0 Å². The van der Waals surface area contributed by atoms with Gasteiger partial charge in [0.1, 0.15) is 0 Å². The molecule has 1 saturated heterocycles. The zero-order valence-electron chi connectivity index (χ0n) is 17.8. The number of para-hydroxylation sites is 1. The first-order chi connectivity index (χ1) is 14.8. The van der Waals surface area contributed by atoms with E-state index in [4.69, 9.17) is 0 Å². The highest BCUT2D eigenvalue weighted by Gasteiger charge is 2.39. The molecule has 3 aliphatic rings. The van der Waals surface area contributed by atoms with Gasteiger partial charge in [0.05, 0.1) is 6.04 Å². The van der Waals surface area contributed by atoms with Crippen molar-refractivity contribution in [2.45, 2.75) is 57.0 Å². The van der Waals surface area contributed by atoms with Crippen molar-refractivity contribution in [2.24, 2.45) is 5.92 Å². The second-order valence-corrected chi connectivity index (χ2v) is 9.27. The molecule has 2 aromatic rings. The van der Waals surface area contributed by atoms with Gasteiger partial charge in [-0.1, -0.05) is 67.8 Å². The van der Waals surface area contributed by atoms with Crippen LogP contribution >= 0.6 is 0 Å². The van der Waals surface area contributed by atoms with Crippen LogP contribution in [0.2, 0.25) is 0 Å². The normalized spacial score (nSPS) is 23.8. The second kappa shape index (κ2) is 8.81. The summed E-state index contributed by atoms with van der Waals surface area (Å²) in [7, 11) is 0. The molecule has 2 fully saturated rings. The van der Waals surface area contributed by atoms with Gasteiger partial charge >= 0.3 is 6.03 Å². The van der Waals surface area contributed by atoms with Crippen LogP contribution in [-0.4, -0.2) is 41.5 Å². The molecule has 2 heterocycles. The number of likely N-dealkylation sites (tertiary alicyclic amines) is 1. The van der Waals surface area contributed by atoms with Crippen LogP contribution in [0.3, 0.4) is 0 Å². The zero-order chi connectivity index (χ0) is 20.3. The Morgan fingerprint density at radius 2 is 1.53 bits per heavy atom. The van der Waals surface area contributed by atoms with E-state index < -0.39 is 0 Å². The molecule has 0 bridgehead atoms. The van der Waals surface area contributed by atoms with E-state index in [1.54, 1.807) is 0 Å². The molecule has 5 rings (SSSR count). The fraction of sp³-hybridized carbons (Fsp3) is 0.500. The Morgan fingerprint density at radius 1 is 0.833 bits per heavy atom. The number of carbonyl (C=O) groups is 1. The average molecular weight is 404 g/mol. The minimum atomic E-state index is -0.00829. The van der Waals surface area contributed by atoms with E-state index in [-0.39, 0.29) is 18.1 Å². The van der Waals surface area contributed by atoms with Crippen molar-refractivity contribution in [2.75, 3.05) is 25.0 Å². The molecule has 0 radical (unpaired) electrons. The molecular formula is C26H33N3O. The second-order valence-electron chi connectivity index (χ2n) is 9.27. The van der Waals surface area contributed by atoms with Crippen molar-refractivity contribution in [1.29, 1.82) is 0 Å². The first-order valence-corrected chi connectivity index (χ1v) is 11.7. The summed E-state index contributed by atoms with van der Waals surface area (Å²) in [5, 5.41) is 3.16. The Hall–Kier alpha value is -2.33. The van der Waals surface area contributed by atoms with Gasteiger partial charge in [0.25, 0.3) is 0 Å². The van der Waals surface area contributed by atoms with Gasteiger partial charge in [-0.05, 0) is 43.2 Å². The van der Waals surface area contributed by atoms with Crippen molar-refractivity contribution >= 4 is 11.7 Å². The molecule has 1 atom stereocenters. The third kappa shape index (κ3) is 3.98. The summed E-state index contributed by atoms with van der Waals surface area (Å²) >= 11 is 0. The number of urea groups is 1. The number of carbonyl (C=O) groups excluding carboxylic acids is 1. The molecule has 4 heteroatoms. The molecular weight excluding hydrogens is 370 g/mol. The van der Waals surface area contributed by atoms with Gasteiger partial charge < -0.3 is 15.1 Å². The number of rotatable bonds is 4. The lowest BCUT2D eigenvalue weighted by Crippen LogP contribution is -2.52. The lowest BCUT2D eigenvalue weighted by atomic mass is 9.88. The number of nitrogens with one attached hydrogen (secondary N) is 1. The van der Waals surface area contributed by atoms with Gasteiger partial charge in [-0.2, -0.15) is 0 Å². The fourth-order valence-corrected chi connectivity index (χ4v) is 5.76. The Bertz CT molecular complexity index is 854. The van der Waals surface area contributed by atoms with Gasteiger partial charge in [0.15, 0.2) is 0 Å². The van der Waals surface area contributed by atoms with E-state index in [1.807, 2.05) is 18.2 Å².